The van der Waals surface area contributed by atoms with Crippen LogP contribution < -0.4 is 5.73 Å². The summed E-state index contributed by atoms with van der Waals surface area (Å²) in [6.07, 6.45) is 7.16. The molecule has 112 valence electrons. The molecule has 4 heteroatoms. The first-order chi connectivity index (χ1) is 8.95. The third kappa shape index (κ3) is 5.91. The highest BCUT2D eigenvalue weighted by Crippen LogP contribution is 2.25. The minimum absolute atomic E-state index is 0.284. The highest BCUT2D eigenvalue weighted by molar-refractivity contribution is 5.79. The van der Waals surface area contributed by atoms with Crippen molar-refractivity contribution in [3.63, 3.8) is 0 Å². The van der Waals surface area contributed by atoms with Crippen molar-refractivity contribution in [2.45, 2.75) is 57.9 Å². The third-order valence-electron chi connectivity index (χ3n) is 4.02. The molecule has 19 heavy (non-hydrogen) atoms. The fraction of sp³-hybridized carbons (Fsp3) is 0.933. The molecule has 1 saturated carbocycles. The number of carbonyl (C=O) groups is 1. The summed E-state index contributed by atoms with van der Waals surface area (Å²) < 4.78 is 4.99. The Labute approximate surface area is 117 Å². The minimum atomic E-state index is -0.843. The molecular formula is C15H30N2O2. The van der Waals surface area contributed by atoms with Crippen LogP contribution in [0.1, 0.15) is 52.4 Å². The van der Waals surface area contributed by atoms with E-state index >= 15 is 0 Å². The zero-order valence-corrected chi connectivity index (χ0v) is 12.8. The zero-order valence-electron chi connectivity index (χ0n) is 12.8. The average Bonchev–Trinajstić information content (AvgIpc) is 2.81. The van der Waals surface area contributed by atoms with Crippen LogP contribution in [0.4, 0.5) is 0 Å². The summed E-state index contributed by atoms with van der Waals surface area (Å²) in [6.45, 7) is 6.15. The average molecular weight is 270 g/mol. The van der Waals surface area contributed by atoms with Gasteiger partial charge in [-0.25, -0.2) is 0 Å². The first-order valence-corrected chi connectivity index (χ1v) is 7.60. The first kappa shape index (κ1) is 16.4. The van der Waals surface area contributed by atoms with Crippen molar-refractivity contribution in [3.8, 4) is 0 Å². The predicted octanol–water partition coefficient (Wildman–Crippen LogP) is 2.17. The van der Waals surface area contributed by atoms with Gasteiger partial charge in [0, 0.05) is 6.54 Å². The van der Waals surface area contributed by atoms with E-state index in [4.69, 9.17) is 10.5 Å². The Bertz CT molecular complexity index is 273. The Morgan fingerprint density at radius 3 is 2.63 bits per heavy atom. The normalized spacial score (nSPS) is 19.6. The second-order valence-corrected chi connectivity index (χ2v) is 6.15. The Morgan fingerprint density at radius 2 is 2.05 bits per heavy atom. The van der Waals surface area contributed by atoms with E-state index in [2.05, 4.69) is 11.9 Å². The maximum Gasteiger partial charge on any atom is 0.325 e. The Morgan fingerprint density at radius 1 is 1.42 bits per heavy atom. The van der Waals surface area contributed by atoms with Crippen molar-refractivity contribution < 1.29 is 9.53 Å². The van der Waals surface area contributed by atoms with Crippen LogP contribution in [0.2, 0.25) is 0 Å². The van der Waals surface area contributed by atoms with Crippen LogP contribution in [0.15, 0.2) is 0 Å². The van der Waals surface area contributed by atoms with E-state index in [1.807, 2.05) is 6.92 Å². The van der Waals surface area contributed by atoms with Crippen molar-refractivity contribution >= 4 is 5.97 Å². The topological polar surface area (TPSA) is 55.6 Å². The van der Waals surface area contributed by atoms with E-state index < -0.39 is 5.54 Å². The molecule has 0 radical (unpaired) electrons. The third-order valence-corrected chi connectivity index (χ3v) is 4.02. The van der Waals surface area contributed by atoms with Gasteiger partial charge >= 0.3 is 5.97 Å². The fourth-order valence-corrected chi connectivity index (χ4v) is 2.84. The molecule has 0 amide bonds. The molecule has 0 aliphatic heterocycles. The molecule has 1 aliphatic rings. The summed E-state index contributed by atoms with van der Waals surface area (Å²) in [7, 11) is 2.16. The largest absolute Gasteiger partial charge is 0.465 e. The van der Waals surface area contributed by atoms with Gasteiger partial charge in [-0.15, -0.1) is 0 Å². The maximum absolute atomic E-state index is 11.7. The molecule has 0 heterocycles. The van der Waals surface area contributed by atoms with Crippen LogP contribution in [0.5, 0.6) is 0 Å². The first-order valence-electron chi connectivity index (χ1n) is 7.60. The molecule has 0 aromatic carbocycles. The molecule has 0 saturated heterocycles. The quantitative estimate of drug-likeness (QED) is 0.687. The van der Waals surface area contributed by atoms with Gasteiger partial charge in [-0.05, 0) is 59.0 Å². The number of nitrogens with two attached hydrogens (primary N) is 1. The summed E-state index contributed by atoms with van der Waals surface area (Å²) >= 11 is 0. The number of nitrogens with zero attached hydrogens (tertiary/aromatic N) is 1. The van der Waals surface area contributed by atoms with E-state index in [1.165, 1.54) is 32.2 Å². The zero-order chi connectivity index (χ0) is 14.3. The SMILES string of the molecule is CCOC(=O)C(C)(N)CCCN(C)CC1CCCC1. The number of hydrogen-bond donors (Lipinski definition) is 1. The standard InChI is InChI=1S/C15H30N2O2/c1-4-19-14(18)15(2,16)10-7-11-17(3)12-13-8-5-6-9-13/h13H,4-12,16H2,1-3H3. The number of esters is 1. The molecular weight excluding hydrogens is 240 g/mol. The van der Waals surface area contributed by atoms with E-state index in [1.54, 1.807) is 6.92 Å². The highest BCUT2D eigenvalue weighted by Gasteiger charge is 2.29. The minimum Gasteiger partial charge on any atom is -0.465 e. The van der Waals surface area contributed by atoms with Gasteiger partial charge in [-0.1, -0.05) is 12.8 Å². The molecule has 0 aromatic heterocycles. The molecule has 0 aromatic rings. The smallest absolute Gasteiger partial charge is 0.325 e. The van der Waals surface area contributed by atoms with E-state index in [0.717, 1.165) is 18.9 Å². The van der Waals surface area contributed by atoms with Gasteiger partial charge in [0.2, 0.25) is 0 Å². The number of hydrogen-bond acceptors (Lipinski definition) is 4. The van der Waals surface area contributed by atoms with Crippen LogP contribution in [0, 0.1) is 5.92 Å². The summed E-state index contributed by atoms with van der Waals surface area (Å²) in [5.74, 6) is 0.591. The molecule has 1 unspecified atom stereocenters. The molecule has 1 aliphatic carbocycles. The van der Waals surface area contributed by atoms with Gasteiger partial charge in [0.25, 0.3) is 0 Å². The maximum atomic E-state index is 11.7. The fourth-order valence-electron chi connectivity index (χ4n) is 2.84. The molecule has 1 rings (SSSR count). The lowest BCUT2D eigenvalue weighted by atomic mass is 9.97. The molecule has 1 atom stereocenters. The second-order valence-electron chi connectivity index (χ2n) is 6.15. The number of carbonyl (C=O) groups excluding carboxylic acids is 1. The Hall–Kier alpha value is -0.610. The Kier molecular flexibility index (Phi) is 6.80. The van der Waals surface area contributed by atoms with E-state index in [0.29, 0.717) is 13.0 Å². The molecule has 2 N–H and O–H groups in total. The van der Waals surface area contributed by atoms with Crippen LogP contribution in [0.25, 0.3) is 0 Å². The predicted molar refractivity (Wildman–Crippen MR) is 77.9 cm³/mol. The van der Waals surface area contributed by atoms with Gasteiger partial charge in [-0.3, -0.25) is 4.79 Å². The van der Waals surface area contributed by atoms with Crippen LogP contribution >= 0.6 is 0 Å². The van der Waals surface area contributed by atoms with Gasteiger partial charge in [0.1, 0.15) is 5.54 Å². The lowest BCUT2D eigenvalue weighted by Gasteiger charge is -2.25. The van der Waals surface area contributed by atoms with Gasteiger partial charge in [-0.2, -0.15) is 0 Å². The van der Waals surface area contributed by atoms with Crippen molar-refractivity contribution in [1.29, 1.82) is 0 Å². The summed E-state index contributed by atoms with van der Waals surface area (Å²) in [5.41, 5.74) is 5.16. The van der Waals surface area contributed by atoms with Crippen LogP contribution in [-0.4, -0.2) is 43.2 Å². The van der Waals surface area contributed by atoms with Crippen LogP contribution in [-0.2, 0) is 9.53 Å². The van der Waals surface area contributed by atoms with Crippen molar-refractivity contribution in [2.75, 3.05) is 26.7 Å². The Balaban J connectivity index is 2.19. The lowest BCUT2D eigenvalue weighted by Crippen LogP contribution is -2.46. The highest BCUT2D eigenvalue weighted by atomic mass is 16.5. The van der Waals surface area contributed by atoms with Gasteiger partial charge < -0.3 is 15.4 Å². The van der Waals surface area contributed by atoms with Crippen LogP contribution in [0.3, 0.4) is 0 Å². The summed E-state index contributed by atoms with van der Waals surface area (Å²) in [4.78, 5) is 14.0. The van der Waals surface area contributed by atoms with Crippen molar-refractivity contribution in [1.82, 2.24) is 4.90 Å². The number of ether oxygens (including phenoxy) is 1. The van der Waals surface area contributed by atoms with E-state index in [-0.39, 0.29) is 5.97 Å². The van der Waals surface area contributed by atoms with Crippen molar-refractivity contribution in [2.24, 2.45) is 11.7 Å². The molecule has 0 spiro atoms. The molecule has 4 nitrogen and oxygen atoms in total. The van der Waals surface area contributed by atoms with Crippen molar-refractivity contribution in [3.05, 3.63) is 0 Å². The number of rotatable bonds is 8. The summed E-state index contributed by atoms with van der Waals surface area (Å²) in [6, 6.07) is 0. The van der Waals surface area contributed by atoms with E-state index in [9.17, 15) is 4.79 Å². The van der Waals surface area contributed by atoms with Gasteiger partial charge in [0.15, 0.2) is 0 Å². The monoisotopic (exact) mass is 270 g/mol. The molecule has 0 bridgehead atoms. The second kappa shape index (κ2) is 7.85. The summed E-state index contributed by atoms with van der Waals surface area (Å²) in [5, 5.41) is 0. The molecule has 1 fully saturated rings. The lowest BCUT2D eigenvalue weighted by molar-refractivity contribution is -0.149. The van der Waals surface area contributed by atoms with Gasteiger partial charge in [0.05, 0.1) is 6.61 Å².